The first-order chi connectivity index (χ1) is 6.06. The van der Waals surface area contributed by atoms with E-state index >= 15 is 0 Å². The van der Waals surface area contributed by atoms with Crippen LogP contribution in [-0.4, -0.2) is 18.6 Å². The van der Waals surface area contributed by atoms with E-state index in [4.69, 9.17) is 5.73 Å². The summed E-state index contributed by atoms with van der Waals surface area (Å²) in [6.45, 7) is 2.19. The van der Waals surface area contributed by atoms with Crippen LogP contribution < -0.4 is 5.73 Å². The Bertz CT molecular complexity index is 199. The highest BCUT2D eigenvalue weighted by atomic mass is 35.5. The molecule has 0 bridgehead atoms. The van der Waals surface area contributed by atoms with Gasteiger partial charge in [0.2, 0.25) is 0 Å². The molecule has 2 N–H and O–H groups in total. The molecule has 1 saturated carbocycles. The fraction of sp³-hybridized carbons (Fsp3) is 0.900. The average molecular weight is 222 g/mol. The number of halogens is 1. The molecule has 2 unspecified atom stereocenters. The highest BCUT2D eigenvalue weighted by molar-refractivity contribution is 5.85. The van der Waals surface area contributed by atoms with Gasteiger partial charge in [-0.05, 0) is 18.8 Å². The van der Waals surface area contributed by atoms with E-state index in [1.807, 2.05) is 0 Å². The van der Waals surface area contributed by atoms with Crippen LogP contribution in [0.25, 0.3) is 0 Å². The van der Waals surface area contributed by atoms with Crippen LogP contribution in [-0.2, 0) is 9.53 Å². The first-order valence-corrected chi connectivity index (χ1v) is 4.91. The molecular weight excluding hydrogens is 202 g/mol. The van der Waals surface area contributed by atoms with Crippen LogP contribution in [0.3, 0.4) is 0 Å². The predicted molar refractivity (Wildman–Crippen MR) is 58.4 cm³/mol. The molecular formula is C10H20ClNO2. The summed E-state index contributed by atoms with van der Waals surface area (Å²) < 4.78 is 4.63. The van der Waals surface area contributed by atoms with Crippen molar-refractivity contribution in [2.24, 2.45) is 11.7 Å². The molecule has 1 aliphatic carbocycles. The van der Waals surface area contributed by atoms with Crippen LogP contribution in [0.15, 0.2) is 0 Å². The van der Waals surface area contributed by atoms with E-state index < -0.39 is 0 Å². The molecule has 14 heavy (non-hydrogen) atoms. The van der Waals surface area contributed by atoms with Crippen LogP contribution in [0.4, 0.5) is 0 Å². The monoisotopic (exact) mass is 221 g/mol. The zero-order valence-electron chi connectivity index (χ0n) is 8.91. The van der Waals surface area contributed by atoms with Gasteiger partial charge < -0.3 is 10.5 Å². The Kier molecular flexibility index (Phi) is 5.45. The van der Waals surface area contributed by atoms with E-state index in [0.29, 0.717) is 12.3 Å². The van der Waals surface area contributed by atoms with Gasteiger partial charge in [-0.3, -0.25) is 4.79 Å². The Morgan fingerprint density at radius 3 is 2.79 bits per heavy atom. The molecule has 0 saturated heterocycles. The van der Waals surface area contributed by atoms with Crippen molar-refractivity contribution in [2.75, 3.05) is 7.11 Å². The molecule has 4 heteroatoms. The van der Waals surface area contributed by atoms with E-state index in [2.05, 4.69) is 11.7 Å². The number of hydrogen-bond acceptors (Lipinski definition) is 3. The number of ether oxygens (including phenoxy) is 1. The number of esters is 1. The van der Waals surface area contributed by atoms with Crippen LogP contribution in [0.2, 0.25) is 0 Å². The lowest BCUT2D eigenvalue weighted by atomic mass is 9.75. The second-order valence-corrected chi connectivity index (χ2v) is 4.32. The second kappa shape index (κ2) is 5.56. The lowest BCUT2D eigenvalue weighted by molar-refractivity contribution is -0.142. The molecule has 0 aliphatic heterocycles. The smallest absolute Gasteiger partial charge is 0.307 e. The Morgan fingerprint density at radius 2 is 2.29 bits per heavy atom. The fourth-order valence-corrected chi connectivity index (χ4v) is 2.22. The van der Waals surface area contributed by atoms with Gasteiger partial charge >= 0.3 is 5.97 Å². The normalized spacial score (nSPS) is 31.8. The van der Waals surface area contributed by atoms with Gasteiger partial charge in [-0.15, -0.1) is 12.4 Å². The van der Waals surface area contributed by atoms with Gasteiger partial charge in [0.15, 0.2) is 0 Å². The Hall–Kier alpha value is -0.280. The second-order valence-electron chi connectivity index (χ2n) is 4.32. The third-order valence-electron chi connectivity index (χ3n) is 2.85. The third-order valence-corrected chi connectivity index (χ3v) is 2.85. The number of carbonyl (C=O) groups excluding carboxylic acids is 1. The van der Waals surface area contributed by atoms with Gasteiger partial charge in [-0.1, -0.05) is 19.8 Å². The number of rotatable bonds is 2. The summed E-state index contributed by atoms with van der Waals surface area (Å²) in [6, 6.07) is 0. The molecule has 0 spiro atoms. The molecule has 1 aliphatic rings. The van der Waals surface area contributed by atoms with Crippen molar-refractivity contribution >= 4 is 18.4 Å². The minimum Gasteiger partial charge on any atom is -0.469 e. The van der Waals surface area contributed by atoms with Crippen LogP contribution in [0, 0.1) is 5.92 Å². The first-order valence-electron chi connectivity index (χ1n) is 4.91. The minimum absolute atomic E-state index is 0. The maximum absolute atomic E-state index is 11.1. The zero-order chi connectivity index (χ0) is 9.90. The lowest BCUT2D eigenvalue weighted by Crippen LogP contribution is -2.45. The van der Waals surface area contributed by atoms with Gasteiger partial charge in [0.1, 0.15) is 0 Å². The molecule has 0 aromatic heterocycles. The number of nitrogens with two attached hydrogens (primary N) is 1. The van der Waals surface area contributed by atoms with Crippen molar-refractivity contribution in [1.29, 1.82) is 0 Å². The maximum Gasteiger partial charge on any atom is 0.307 e. The molecule has 84 valence electrons. The Labute approximate surface area is 91.8 Å². The molecule has 0 radical (unpaired) electrons. The zero-order valence-corrected chi connectivity index (χ0v) is 9.73. The fourth-order valence-electron chi connectivity index (χ4n) is 2.22. The SMILES string of the molecule is COC(=O)CC1(N)CCCC(C)C1.Cl. The van der Waals surface area contributed by atoms with E-state index in [1.165, 1.54) is 13.5 Å². The third kappa shape index (κ3) is 3.84. The molecule has 0 amide bonds. The van der Waals surface area contributed by atoms with Crippen molar-refractivity contribution in [2.45, 2.75) is 44.6 Å². The first kappa shape index (κ1) is 13.7. The van der Waals surface area contributed by atoms with Crippen LogP contribution in [0.5, 0.6) is 0 Å². The molecule has 0 heterocycles. The number of hydrogen-bond donors (Lipinski definition) is 1. The summed E-state index contributed by atoms with van der Waals surface area (Å²) >= 11 is 0. The highest BCUT2D eigenvalue weighted by Crippen LogP contribution is 2.32. The molecule has 3 nitrogen and oxygen atoms in total. The van der Waals surface area contributed by atoms with E-state index in [9.17, 15) is 4.79 Å². The van der Waals surface area contributed by atoms with Crippen LogP contribution in [0.1, 0.15) is 39.0 Å². The molecule has 2 atom stereocenters. The summed E-state index contributed by atoms with van der Waals surface area (Å²) in [5.74, 6) is 0.458. The van der Waals surface area contributed by atoms with Crippen molar-refractivity contribution in [3.8, 4) is 0 Å². The molecule has 1 rings (SSSR count). The van der Waals surface area contributed by atoms with Crippen LogP contribution >= 0.6 is 12.4 Å². The maximum atomic E-state index is 11.1. The van der Waals surface area contributed by atoms with Gasteiger partial charge in [-0.25, -0.2) is 0 Å². The minimum atomic E-state index is -0.301. The van der Waals surface area contributed by atoms with E-state index in [1.54, 1.807) is 0 Å². The van der Waals surface area contributed by atoms with Crippen molar-refractivity contribution < 1.29 is 9.53 Å². The molecule has 1 fully saturated rings. The lowest BCUT2D eigenvalue weighted by Gasteiger charge is -2.35. The summed E-state index contributed by atoms with van der Waals surface area (Å²) in [6.07, 6.45) is 4.64. The van der Waals surface area contributed by atoms with Crippen molar-refractivity contribution in [3.05, 3.63) is 0 Å². The Morgan fingerprint density at radius 1 is 1.64 bits per heavy atom. The van der Waals surface area contributed by atoms with E-state index in [0.717, 1.165) is 19.3 Å². The molecule has 0 aromatic carbocycles. The average Bonchev–Trinajstić information content (AvgIpc) is 2.02. The van der Waals surface area contributed by atoms with Crippen molar-refractivity contribution in [1.82, 2.24) is 0 Å². The van der Waals surface area contributed by atoms with Gasteiger partial charge in [0, 0.05) is 5.54 Å². The summed E-state index contributed by atoms with van der Waals surface area (Å²) in [5, 5.41) is 0. The largest absolute Gasteiger partial charge is 0.469 e. The highest BCUT2D eigenvalue weighted by Gasteiger charge is 2.33. The van der Waals surface area contributed by atoms with Gasteiger partial charge in [-0.2, -0.15) is 0 Å². The summed E-state index contributed by atoms with van der Waals surface area (Å²) in [5.41, 5.74) is 5.82. The predicted octanol–water partition coefficient (Wildman–Crippen LogP) is 1.88. The summed E-state index contributed by atoms with van der Waals surface area (Å²) in [7, 11) is 1.41. The standard InChI is InChI=1S/C10H19NO2.ClH/c1-8-4-3-5-10(11,6-8)7-9(12)13-2;/h8H,3-7,11H2,1-2H3;1H. The Balaban J connectivity index is 0.00000169. The quantitative estimate of drug-likeness (QED) is 0.725. The topological polar surface area (TPSA) is 52.3 Å². The van der Waals surface area contributed by atoms with Gasteiger partial charge in [0.05, 0.1) is 13.5 Å². The number of methoxy groups -OCH3 is 1. The van der Waals surface area contributed by atoms with Crippen molar-refractivity contribution in [3.63, 3.8) is 0 Å². The van der Waals surface area contributed by atoms with Gasteiger partial charge in [0.25, 0.3) is 0 Å². The number of carbonyl (C=O) groups is 1. The molecule has 0 aromatic rings. The van der Waals surface area contributed by atoms with E-state index in [-0.39, 0.29) is 23.9 Å². The summed E-state index contributed by atoms with van der Waals surface area (Å²) in [4.78, 5) is 11.1.